The number of anilines is 2. The fourth-order valence-corrected chi connectivity index (χ4v) is 5.13. The molecule has 0 aliphatic carbocycles. The number of sulfonamides is 1. The van der Waals surface area contributed by atoms with Crippen LogP contribution in [0.15, 0.2) is 65.6 Å². The summed E-state index contributed by atoms with van der Waals surface area (Å²) in [5.41, 5.74) is 1.70. The molecule has 10 heteroatoms. The first-order valence-electron chi connectivity index (χ1n) is 11.3. The van der Waals surface area contributed by atoms with E-state index in [1.807, 2.05) is 12.1 Å². The van der Waals surface area contributed by atoms with E-state index in [-0.39, 0.29) is 21.4 Å². The minimum absolute atomic E-state index is 0.0289. The van der Waals surface area contributed by atoms with Gasteiger partial charge in [-0.1, -0.05) is 37.1 Å². The van der Waals surface area contributed by atoms with Crippen molar-refractivity contribution in [3.05, 3.63) is 77.1 Å². The predicted molar refractivity (Wildman–Crippen MR) is 139 cm³/mol. The van der Waals surface area contributed by atoms with Crippen LogP contribution in [0.25, 0.3) is 0 Å². The molecule has 0 radical (unpaired) electrons. The molecule has 0 aliphatic heterocycles. The minimum atomic E-state index is -4.29. The van der Waals surface area contributed by atoms with Crippen molar-refractivity contribution in [3.63, 3.8) is 0 Å². The van der Waals surface area contributed by atoms with Gasteiger partial charge in [0.1, 0.15) is 12.4 Å². The lowest BCUT2D eigenvalue weighted by molar-refractivity contribution is -0.114. The first-order valence-corrected chi connectivity index (χ1v) is 13.1. The molecule has 0 saturated carbocycles. The van der Waals surface area contributed by atoms with Crippen molar-refractivity contribution in [1.82, 2.24) is 0 Å². The Morgan fingerprint density at radius 2 is 1.69 bits per heavy atom. The Hall–Kier alpha value is -3.30. The molecule has 0 bridgehead atoms. The van der Waals surface area contributed by atoms with Gasteiger partial charge in [0.2, 0.25) is 5.91 Å². The van der Waals surface area contributed by atoms with Crippen LogP contribution in [0.1, 0.15) is 25.3 Å². The van der Waals surface area contributed by atoms with E-state index in [1.165, 1.54) is 38.5 Å². The highest BCUT2D eigenvalue weighted by atomic mass is 35.5. The highest BCUT2D eigenvalue weighted by molar-refractivity contribution is 7.92. The van der Waals surface area contributed by atoms with Gasteiger partial charge in [-0.25, -0.2) is 12.8 Å². The largest absolute Gasteiger partial charge is 0.493 e. The van der Waals surface area contributed by atoms with E-state index < -0.39 is 28.3 Å². The molecule has 3 aromatic carbocycles. The summed E-state index contributed by atoms with van der Waals surface area (Å²) >= 11 is 5.92. The quantitative estimate of drug-likeness (QED) is 0.342. The number of nitrogens with zero attached hydrogens (tertiary/aromatic N) is 1. The molecule has 3 rings (SSSR count). The Kier molecular flexibility index (Phi) is 9.17. The van der Waals surface area contributed by atoms with Crippen LogP contribution in [0.4, 0.5) is 15.8 Å². The van der Waals surface area contributed by atoms with E-state index in [0.29, 0.717) is 11.4 Å². The smallest absolute Gasteiger partial charge is 0.264 e. The zero-order chi connectivity index (χ0) is 26.3. The lowest BCUT2D eigenvalue weighted by Gasteiger charge is -2.25. The summed E-state index contributed by atoms with van der Waals surface area (Å²) in [7, 11) is -1.48. The van der Waals surface area contributed by atoms with Crippen LogP contribution in [-0.4, -0.2) is 35.1 Å². The Morgan fingerprint density at radius 3 is 2.31 bits per heavy atom. The maximum Gasteiger partial charge on any atom is 0.264 e. The monoisotopic (exact) mass is 534 g/mol. The van der Waals surface area contributed by atoms with Crippen LogP contribution < -0.4 is 19.1 Å². The average molecular weight is 535 g/mol. The fourth-order valence-electron chi connectivity index (χ4n) is 3.53. The molecule has 0 spiro atoms. The summed E-state index contributed by atoms with van der Waals surface area (Å²) in [6.07, 6.45) is 3.08. The average Bonchev–Trinajstić information content (AvgIpc) is 2.88. The van der Waals surface area contributed by atoms with Gasteiger partial charge < -0.3 is 14.8 Å². The number of ether oxygens (including phenoxy) is 2. The molecule has 0 aromatic heterocycles. The van der Waals surface area contributed by atoms with Crippen LogP contribution >= 0.6 is 11.6 Å². The van der Waals surface area contributed by atoms with Gasteiger partial charge in [-0.15, -0.1) is 0 Å². The van der Waals surface area contributed by atoms with E-state index >= 15 is 0 Å². The Bertz CT molecular complexity index is 1320. The van der Waals surface area contributed by atoms with Crippen molar-refractivity contribution in [2.24, 2.45) is 0 Å². The zero-order valence-electron chi connectivity index (χ0n) is 20.3. The number of halogens is 2. The van der Waals surface area contributed by atoms with E-state index in [4.69, 9.17) is 21.1 Å². The number of nitrogens with one attached hydrogen (secondary N) is 1. The molecular weight excluding hydrogens is 507 g/mol. The van der Waals surface area contributed by atoms with Gasteiger partial charge in [0, 0.05) is 11.8 Å². The molecule has 0 atom stereocenters. The van der Waals surface area contributed by atoms with Crippen molar-refractivity contribution in [1.29, 1.82) is 0 Å². The van der Waals surface area contributed by atoms with E-state index in [2.05, 4.69) is 12.2 Å². The second-order valence-corrected chi connectivity index (χ2v) is 10.2. The Morgan fingerprint density at radius 1 is 1.00 bits per heavy atom. The number of hydrogen-bond donors (Lipinski definition) is 1. The molecule has 36 heavy (non-hydrogen) atoms. The fraction of sp³-hybridized carbons (Fsp3) is 0.269. The molecule has 0 heterocycles. The van der Waals surface area contributed by atoms with Gasteiger partial charge in [0.25, 0.3) is 10.0 Å². The van der Waals surface area contributed by atoms with Gasteiger partial charge in [-0.3, -0.25) is 9.10 Å². The lowest BCUT2D eigenvalue weighted by atomic mass is 10.1. The third-order valence-corrected chi connectivity index (χ3v) is 7.54. The summed E-state index contributed by atoms with van der Waals surface area (Å²) in [5.74, 6) is -0.756. The van der Waals surface area contributed by atoms with Crippen LogP contribution in [0, 0.1) is 5.82 Å². The molecule has 1 amide bonds. The van der Waals surface area contributed by atoms with E-state index in [1.54, 1.807) is 12.1 Å². The Balaban J connectivity index is 1.93. The molecule has 3 aromatic rings. The summed E-state index contributed by atoms with van der Waals surface area (Å²) in [6, 6.07) is 14.9. The van der Waals surface area contributed by atoms with Crippen molar-refractivity contribution >= 4 is 38.9 Å². The number of carbonyl (C=O) groups is 1. The maximum absolute atomic E-state index is 13.8. The third kappa shape index (κ3) is 6.47. The maximum atomic E-state index is 13.8. The minimum Gasteiger partial charge on any atom is -0.493 e. The van der Waals surface area contributed by atoms with Crippen LogP contribution in [0.5, 0.6) is 11.5 Å². The molecule has 7 nitrogen and oxygen atoms in total. The SMILES string of the molecule is CCCCc1ccc(NC(=O)CN(c2ccc(F)c(Cl)c2)S(=O)(=O)c2ccc(OC)c(OC)c2)cc1. The predicted octanol–water partition coefficient (Wildman–Crippen LogP) is 5.67. The number of amides is 1. The number of aryl methyl sites for hydroxylation is 1. The van der Waals surface area contributed by atoms with Gasteiger partial charge in [0.05, 0.1) is 29.8 Å². The van der Waals surface area contributed by atoms with E-state index in [0.717, 1.165) is 41.3 Å². The highest BCUT2D eigenvalue weighted by Gasteiger charge is 2.29. The van der Waals surface area contributed by atoms with Gasteiger partial charge >= 0.3 is 0 Å². The first-order chi connectivity index (χ1) is 17.2. The first kappa shape index (κ1) is 27.3. The summed E-state index contributed by atoms with van der Waals surface area (Å²) in [6.45, 7) is 1.54. The van der Waals surface area contributed by atoms with E-state index in [9.17, 15) is 17.6 Å². The summed E-state index contributed by atoms with van der Waals surface area (Å²) in [4.78, 5) is 12.8. The lowest BCUT2D eigenvalue weighted by Crippen LogP contribution is -2.38. The number of unbranched alkanes of at least 4 members (excludes halogenated alkanes) is 1. The number of methoxy groups -OCH3 is 2. The van der Waals surface area contributed by atoms with Crippen molar-refractivity contribution in [2.75, 3.05) is 30.4 Å². The third-order valence-electron chi connectivity index (χ3n) is 5.48. The van der Waals surface area contributed by atoms with Crippen LogP contribution in [0.3, 0.4) is 0 Å². The number of benzene rings is 3. The van der Waals surface area contributed by atoms with Crippen LogP contribution in [-0.2, 0) is 21.2 Å². The molecule has 0 aliphatic rings. The standard InChI is InChI=1S/C26H28ClFN2O5S/c1-4-5-6-18-7-9-19(10-8-18)29-26(31)17-30(20-11-13-23(28)22(27)15-20)36(32,33)21-12-14-24(34-2)25(16-21)35-3/h7-16H,4-6,17H2,1-3H3,(H,29,31). The second kappa shape index (κ2) is 12.1. The number of carbonyl (C=O) groups excluding carboxylic acids is 1. The van der Waals surface area contributed by atoms with Gasteiger partial charge in [-0.05, 0) is 60.9 Å². The van der Waals surface area contributed by atoms with Crippen molar-refractivity contribution < 1.29 is 27.1 Å². The van der Waals surface area contributed by atoms with Crippen LogP contribution in [0.2, 0.25) is 5.02 Å². The molecule has 1 N–H and O–H groups in total. The highest BCUT2D eigenvalue weighted by Crippen LogP contribution is 2.33. The normalized spacial score (nSPS) is 11.1. The summed E-state index contributed by atoms with van der Waals surface area (Å²) < 4.78 is 52.4. The molecule has 0 unspecified atom stereocenters. The Labute approximate surface area is 215 Å². The molecule has 0 saturated heterocycles. The molecule has 192 valence electrons. The summed E-state index contributed by atoms with van der Waals surface area (Å²) in [5, 5.41) is 2.44. The number of hydrogen-bond acceptors (Lipinski definition) is 5. The zero-order valence-corrected chi connectivity index (χ0v) is 21.8. The number of rotatable bonds is 11. The molecule has 0 fully saturated rings. The molecular formula is C26H28ClFN2O5S. The topological polar surface area (TPSA) is 84.9 Å². The van der Waals surface area contributed by atoms with Gasteiger partial charge in [-0.2, -0.15) is 0 Å². The van der Waals surface area contributed by atoms with Crippen molar-refractivity contribution in [2.45, 2.75) is 31.1 Å². The van der Waals surface area contributed by atoms with Gasteiger partial charge in [0.15, 0.2) is 11.5 Å². The van der Waals surface area contributed by atoms with Crippen molar-refractivity contribution in [3.8, 4) is 11.5 Å². The second-order valence-electron chi connectivity index (χ2n) is 7.98.